The number of benzene rings is 1. The van der Waals surface area contributed by atoms with Crippen molar-refractivity contribution in [2.45, 2.75) is 51.9 Å². The fourth-order valence-electron chi connectivity index (χ4n) is 3.35. The number of aromatic carboxylic acids is 1. The van der Waals surface area contributed by atoms with Gasteiger partial charge in [0.15, 0.2) is 0 Å². The molecule has 0 bridgehead atoms. The number of unbranched alkanes of at least 4 members (excludes halogenated alkanes) is 2. The third-order valence-electron chi connectivity index (χ3n) is 5.13. The molecule has 0 unspecified atom stereocenters. The Kier molecular flexibility index (Phi) is 8.30. The van der Waals surface area contributed by atoms with Gasteiger partial charge in [0, 0.05) is 32.0 Å². The maximum atomic E-state index is 12.4. The number of carboxylic acids is 1. The van der Waals surface area contributed by atoms with E-state index >= 15 is 0 Å². The van der Waals surface area contributed by atoms with E-state index in [1.165, 1.54) is 0 Å². The molecule has 6 heteroatoms. The van der Waals surface area contributed by atoms with Crippen molar-refractivity contribution in [2.24, 2.45) is 5.92 Å². The number of piperidine rings is 1. The van der Waals surface area contributed by atoms with Crippen LogP contribution in [-0.4, -0.2) is 47.4 Å². The van der Waals surface area contributed by atoms with Gasteiger partial charge in [-0.25, -0.2) is 4.79 Å². The molecule has 0 atom stereocenters. The second kappa shape index (κ2) is 10.7. The quantitative estimate of drug-likeness (QED) is 0.651. The predicted molar refractivity (Wildman–Crippen MR) is 104 cm³/mol. The van der Waals surface area contributed by atoms with Crippen LogP contribution in [-0.2, 0) is 16.0 Å². The number of likely N-dealkylation sites (tertiary alicyclic amines) is 1. The van der Waals surface area contributed by atoms with Crippen molar-refractivity contribution in [3.8, 4) is 0 Å². The first-order chi connectivity index (χ1) is 13.0. The minimum Gasteiger partial charge on any atom is -0.478 e. The largest absolute Gasteiger partial charge is 0.478 e. The summed E-state index contributed by atoms with van der Waals surface area (Å²) in [6.07, 6.45) is 5.73. The van der Waals surface area contributed by atoms with Crippen molar-refractivity contribution in [1.82, 2.24) is 10.2 Å². The van der Waals surface area contributed by atoms with Gasteiger partial charge < -0.3 is 15.3 Å². The molecular formula is C21H30N2O4. The summed E-state index contributed by atoms with van der Waals surface area (Å²) in [6.45, 7) is 4.14. The first kappa shape index (κ1) is 20.9. The number of carbonyl (C=O) groups excluding carboxylic acids is 2. The second-order valence-electron chi connectivity index (χ2n) is 7.16. The fraction of sp³-hybridized carbons (Fsp3) is 0.571. The van der Waals surface area contributed by atoms with Gasteiger partial charge in [0.25, 0.3) is 0 Å². The average molecular weight is 374 g/mol. The monoisotopic (exact) mass is 374 g/mol. The maximum Gasteiger partial charge on any atom is 0.335 e. The minimum absolute atomic E-state index is 0.0132. The number of aryl methyl sites for hydroxylation is 1. The van der Waals surface area contributed by atoms with Crippen molar-refractivity contribution < 1.29 is 19.5 Å². The van der Waals surface area contributed by atoms with Gasteiger partial charge in [0.05, 0.1) is 5.56 Å². The van der Waals surface area contributed by atoms with Crippen molar-refractivity contribution in [3.63, 3.8) is 0 Å². The Morgan fingerprint density at radius 1 is 1.11 bits per heavy atom. The average Bonchev–Trinajstić information content (AvgIpc) is 2.69. The van der Waals surface area contributed by atoms with Crippen LogP contribution >= 0.6 is 0 Å². The summed E-state index contributed by atoms with van der Waals surface area (Å²) in [5, 5.41) is 11.9. The van der Waals surface area contributed by atoms with Gasteiger partial charge in [-0.3, -0.25) is 9.59 Å². The highest BCUT2D eigenvalue weighted by Crippen LogP contribution is 2.19. The normalized spacial score (nSPS) is 14.8. The number of rotatable bonds is 9. The third kappa shape index (κ3) is 6.70. The number of amides is 2. The van der Waals surface area contributed by atoms with Gasteiger partial charge in [-0.05, 0) is 43.4 Å². The number of nitrogens with zero attached hydrogens (tertiary/aromatic N) is 1. The number of hydrogen-bond donors (Lipinski definition) is 2. The topological polar surface area (TPSA) is 86.7 Å². The van der Waals surface area contributed by atoms with E-state index in [4.69, 9.17) is 5.11 Å². The molecule has 6 nitrogen and oxygen atoms in total. The number of hydrogen-bond acceptors (Lipinski definition) is 3. The Labute approximate surface area is 160 Å². The van der Waals surface area contributed by atoms with Crippen molar-refractivity contribution in [2.75, 3.05) is 19.6 Å². The van der Waals surface area contributed by atoms with Gasteiger partial charge in [0.1, 0.15) is 0 Å². The molecule has 2 amide bonds. The second-order valence-corrected chi connectivity index (χ2v) is 7.16. The van der Waals surface area contributed by atoms with Crippen LogP contribution in [0, 0.1) is 5.92 Å². The Bertz CT molecular complexity index is 634. The Morgan fingerprint density at radius 3 is 2.37 bits per heavy atom. The van der Waals surface area contributed by atoms with E-state index in [1.54, 1.807) is 24.3 Å². The summed E-state index contributed by atoms with van der Waals surface area (Å²) >= 11 is 0. The molecule has 1 aromatic carbocycles. The molecular weight excluding hydrogens is 344 g/mol. The van der Waals surface area contributed by atoms with Crippen LogP contribution in [0.25, 0.3) is 0 Å². The Morgan fingerprint density at radius 2 is 1.78 bits per heavy atom. The van der Waals surface area contributed by atoms with Crippen LogP contribution in [0.3, 0.4) is 0 Å². The fourth-order valence-corrected chi connectivity index (χ4v) is 3.35. The molecule has 1 fully saturated rings. The molecule has 0 spiro atoms. The zero-order valence-corrected chi connectivity index (χ0v) is 16.1. The van der Waals surface area contributed by atoms with E-state index < -0.39 is 5.97 Å². The highest BCUT2D eigenvalue weighted by molar-refractivity contribution is 5.87. The van der Waals surface area contributed by atoms with E-state index in [9.17, 15) is 14.4 Å². The summed E-state index contributed by atoms with van der Waals surface area (Å²) in [7, 11) is 0. The molecule has 2 rings (SSSR count). The summed E-state index contributed by atoms with van der Waals surface area (Å²) in [4.78, 5) is 37.3. The lowest BCUT2D eigenvalue weighted by Gasteiger charge is -2.31. The van der Waals surface area contributed by atoms with E-state index in [0.29, 0.717) is 25.9 Å². The number of nitrogens with one attached hydrogen (secondary N) is 1. The van der Waals surface area contributed by atoms with Crippen LogP contribution in [0.15, 0.2) is 24.3 Å². The zero-order chi connectivity index (χ0) is 19.6. The third-order valence-corrected chi connectivity index (χ3v) is 5.13. The van der Waals surface area contributed by atoms with Gasteiger partial charge in [0.2, 0.25) is 11.8 Å². The Balaban J connectivity index is 1.70. The maximum absolute atomic E-state index is 12.4. The molecule has 1 aliphatic rings. The van der Waals surface area contributed by atoms with Crippen LogP contribution in [0.4, 0.5) is 0 Å². The molecule has 1 saturated heterocycles. The van der Waals surface area contributed by atoms with E-state index in [2.05, 4.69) is 12.2 Å². The number of carbonyl (C=O) groups is 3. The van der Waals surface area contributed by atoms with Crippen LogP contribution in [0.5, 0.6) is 0 Å². The van der Waals surface area contributed by atoms with E-state index in [0.717, 1.165) is 44.2 Å². The van der Waals surface area contributed by atoms with Crippen LogP contribution < -0.4 is 5.32 Å². The molecule has 0 aromatic heterocycles. The summed E-state index contributed by atoms with van der Waals surface area (Å²) in [6, 6.07) is 6.64. The molecule has 0 saturated carbocycles. The van der Waals surface area contributed by atoms with E-state index in [1.807, 2.05) is 4.90 Å². The first-order valence-electron chi connectivity index (χ1n) is 9.89. The smallest absolute Gasteiger partial charge is 0.335 e. The van der Waals surface area contributed by atoms with Gasteiger partial charge in [-0.2, -0.15) is 0 Å². The first-order valence-corrected chi connectivity index (χ1v) is 9.89. The summed E-state index contributed by atoms with van der Waals surface area (Å²) in [5.74, 6) is -0.718. The molecule has 0 aliphatic carbocycles. The summed E-state index contributed by atoms with van der Waals surface area (Å²) in [5.41, 5.74) is 1.20. The highest BCUT2D eigenvalue weighted by Gasteiger charge is 2.26. The van der Waals surface area contributed by atoms with Gasteiger partial charge in [-0.15, -0.1) is 0 Å². The lowest BCUT2D eigenvalue weighted by atomic mass is 9.95. The molecule has 2 N–H and O–H groups in total. The van der Waals surface area contributed by atoms with Gasteiger partial charge >= 0.3 is 5.97 Å². The molecule has 0 radical (unpaired) electrons. The van der Waals surface area contributed by atoms with Crippen LogP contribution in [0.1, 0.15) is 61.4 Å². The molecule has 148 valence electrons. The summed E-state index contributed by atoms with van der Waals surface area (Å²) < 4.78 is 0. The Hall–Kier alpha value is -2.37. The van der Waals surface area contributed by atoms with Crippen molar-refractivity contribution in [3.05, 3.63) is 35.4 Å². The highest BCUT2D eigenvalue weighted by atomic mass is 16.4. The molecule has 1 aliphatic heterocycles. The van der Waals surface area contributed by atoms with Crippen LogP contribution in [0.2, 0.25) is 0 Å². The lowest BCUT2D eigenvalue weighted by Crippen LogP contribution is -2.43. The van der Waals surface area contributed by atoms with Crippen molar-refractivity contribution in [1.29, 1.82) is 0 Å². The number of carboxylic acid groups (broad SMARTS) is 1. The SMILES string of the molecule is CCCCCNC(=O)C1CCN(C(=O)CCc2ccc(C(=O)O)cc2)CC1. The minimum atomic E-state index is -0.949. The van der Waals surface area contributed by atoms with Gasteiger partial charge in [-0.1, -0.05) is 31.9 Å². The lowest BCUT2D eigenvalue weighted by molar-refractivity contribution is -0.135. The van der Waals surface area contributed by atoms with E-state index in [-0.39, 0.29) is 23.3 Å². The standard InChI is InChI=1S/C21H30N2O4/c1-2-3-4-13-22-20(25)17-11-14-23(15-12-17)19(24)10-7-16-5-8-18(9-6-16)21(26)27/h5-6,8-9,17H,2-4,7,10-15H2,1H3,(H,22,25)(H,26,27). The predicted octanol–water partition coefficient (Wildman–Crippen LogP) is 2.86. The molecule has 1 aromatic rings. The zero-order valence-electron chi connectivity index (χ0n) is 16.1. The molecule has 27 heavy (non-hydrogen) atoms. The molecule has 1 heterocycles. The van der Waals surface area contributed by atoms with Crippen molar-refractivity contribution >= 4 is 17.8 Å².